The monoisotopic (exact) mass is 391 g/mol. The second kappa shape index (κ2) is 6.77. The standard InChI is InChI=1S/C17H8Cl3N3O2/c18-8-4-5-9(12(20)6-8)15(24)10(7-21)16-22-13-3-1-2-11(19)14(13)17(25)23-16/h1-6,24H,(H,22,23,25)/b15-10-. The van der Waals surface area contributed by atoms with E-state index < -0.39 is 11.3 Å². The van der Waals surface area contributed by atoms with Gasteiger partial charge in [0.2, 0.25) is 0 Å². The number of aromatic amines is 1. The molecule has 0 aliphatic carbocycles. The molecule has 8 heteroatoms. The predicted molar refractivity (Wildman–Crippen MR) is 98.9 cm³/mol. The molecule has 0 bridgehead atoms. The van der Waals surface area contributed by atoms with Crippen LogP contribution in [0.2, 0.25) is 15.1 Å². The largest absolute Gasteiger partial charge is 0.506 e. The minimum absolute atomic E-state index is 0.0919. The Morgan fingerprint density at radius 2 is 1.92 bits per heavy atom. The summed E-state index contributed by atoms with van der Waals surface area (Å²) < 4.78 is 0. The number of aromatic nitrogens is 2. The lowest BCUT2D eigenvalue weighted by molar-refractivity contribution is 0.514. The third kappa shape index (κ3) is 3.20. The Kier molecular flexibility index (Phi) is 4.69. The zero-order valence-corrected chi connectivity index (χ0v) is 14.6. The van der Waals surface area contributed by atoms with Crippen LogP contribution in [0.25, 0.3) is 22.2 Å². The quantitative estimate of drug-likeness (QED) is 0.482. The van der Waals surface area contributed by atoms with Gasteiger partial charge in [0.15, 0.2) is 5.82 Å². The minimum atomic E-state index is -0.520. The van der Waals surface area contributed by atoms with E-state index in [1.165, 1.54) is 18.2 Å². The van der Waals surface area contributed by atoms with Crippen LogP contribution in [0.15, 0.2) is 41.2 Å². The van der Waals surface area contributed by atoms with Gasteiger partial charge >= 0.3 is 0 Å². The number of allylic oxidation sites excluding steroid dienone is 1. The van der Waals surface area contributed by atoms with Crippen LogP contribution in [0.1, 0.15) is 11.4 Å². The summed E-state index contributed by atoms with van der Waals surface area (Å²) in [6, 6.07) is 11.0. The van der Waals surface area contributed by atoms with E-state index in [1.54, 1.807) is 18.2 Å². The Morgan fingerprint density at radius 1 is 1.16 bits per heavy atom. The molecule has 2 N–H and O–H groups in total. The number of benzene rings is 2. The highest BCUT2D eigenvalue weighted by Gasteiger charge is 2.17. The topological polar surface area (TPSA) is 89.8 Å². The predicted octanol–water partition coefficient (Wildman–Crippen LogP) is 4.83. The fourth-order valence-electron chi connectivity index (χ4n) is 2.30. The summed E-state index contributed by atoms with van der Waals surface area (Å²) in [5, 5.41) is 20.9. The van der Waals surface area contributed by atoms with Gasteiger partial charge in [-0.25, -0.2) is 4.98 Å². The Morgan fingerprint density at radius 3 is 2.60 bits per heavy atom. The molecular formula is C17H8Cl3N3O2. The summed E-state index contributed by atoms with van der Waals surface area (Å²) >= 11 is 17.9. The number of rotatable bonds is 2. The third-order valence-corrected chi connectivity index (χ3v) is 4.32. The second-order valence-electron chi connectivity index (χ2n) is 5.01. The number of halogens is 3. The first-order chi connectivity index (χ1) is 11.9. The van der Waals surface area contributed by atoms with Gasteiger partial charge in [0.25, 0.3) is 5.56 Å². The maximum Gasteiger partial charge on any atom is 0.260 e. The van der Waals surface area contributed by atoms with Gasteiger partial charge in [0.1, 0.15) is 17.4 Å². The van der Waals surface area contributed by atoms with Crippen LogP contribution in [0.5, 0.6) is 0 Å². The average molecular weight is 393 g/mol. The van der Waals surface area contributed by atoms with E-state index in [1.807, 2.05) is 6.07 Å². The van der Waals surface area contributed by atoms with Crippen molar-refractivity contribution in [1.82, 2.24) is 9.97 Å². The van der Waals surface area contributed by atoms with E-state index in [-0.39, 0.29) is 32.4 Å². The van der Waals surface area contributed by atoms with E-state index in [4.69, 9.17) is 34.8 Å². The maximum absolute atomic E-state index is 12.3. The molecule has 3 rings (SSSR count). The van der Waals surface area contributed by atoms with Gasteiger partial charge in [0.05, 0.1) is 20.9 Å². The lowest BCUT2D eigenvalue weighted by atomic mass is 10.1. The zero-order valence-electron chi connectivity index (χ0n) is 12.3. The fraction of sp³-hybridized carbons (Fsp3) is 0. The molecule has 0 unspecified atom stereocenters. The second-order valence-corrected chi connectivity index (χ2v) is 6.26. The van der Waals surface area contributed by atoms with Crippen LogP contribution >= 0.6 is 34.8 Å². The van der Waals surface area contributed by atoms with Crippen molar-refractivity contribution >= 4 is 57.0 Å². The van der Waals surface area contributed by atoms with Crippen molar-refractivity contribution in [3.05, 3.63) is 73.2 Å². The van der Waals surface area contributed by atoms with E-state index in [2.05, 4.69) is 9.97 Å². The summed E-state index contributed by atoms with van der Waals surface area (Å²) in [7, 11) is 0. The molecule has 25 heavy (non-hydrogen) atoms. The Balaban J connectivity index is 2.27. The highest BCUT2D eigenvalue weighted by molar-refractivity contribution is 6.36. The van der Waals surface area contributed by atoms with Gasteiger partial charge in [0, 0.05) is 10.6 Å². The van der Waals surface area contributed by atoms with Crippen LogP contribution in [-0.4, -0.2) is 15.1 Å². The number of H-pyrrole nitrogens is 1. The molecule has 0 radical (unpaired) electrons. The molecular weight excluding hydrogens is 385 g/mol. The zero-order chi connectivity index (χ0) is 18.1. The summed E-state index contributed by atoms with van der Waals surface area (Å²) in [6.07, 6.45) is 0. The van der Waals surface area contributed by atoms with Crippen molar-refractivity contribution in [3.63, 3.8) is 0 Å². The maximum atomic E-state index is 12.3. The van der Waals surface area contributed by atoms with Crippen LogP contribution in [0.3, 0.4) is 0 Å². The first-order valence-corrected chi connectivity index (χ1v) is 8.03. The molecule has 0 aliphatic rings. The van der Waals surface area contributed by atoms with Crippen LogP contribution in [0, 0.1) is 11.3 Å². The SMILES string of the molecule is N#C/C(=C(/O)c1ccc(Cl)cc1Cl)c1nc2cccc(Cl)c2c(=O)[nH]1. The highest BCUT2D eigenvalue weighted by atomic mass is 35.5. The third-order valence-electron chi connectivity index (χ3n) is 3.45. The van der Waals surface area contributed by atoms with Crippen LogP contribution < -0.4 is 5.56 Å². The van der Waals surface area contributed by atoms with Crippen LogP contribution in [-0.2, 0) is 0 Å². The van der Waals surface area contributed by atoms with Gasteiger partial charge in [-0.15, -0.1) is 0 Å². The first-order valence-electron chi connectivity index (χ1n) is 6.90. The van der Waals surface area contributed by atoms with Crippen molar-refractivity contribution in [3.8, 4) is 6.07 Å². The molecule has 5 nitrogen and oxygen atoms in total. The number of aliphatic hydroxyl groups excluding tert-OH is 1. The number of hydrogen-bond acceptors (Lipinski definition) is 4. The van der Waals surface area contributed by atoms with Crippen molar-refractivity contribution in [1.29, 1.82) is 5.26 Å². The van der Waals surface area contributed by atoms with Crippen molar-refractivity contribution in [2.75, 3.05) is 0 Å². The summed E-state index contributed by atoms with van der Waals surface area (Å²) in [4.78, 5) is 18.9. The number of nitrogens with zero attached hydrogens (tertiary/aromatic N) is 2. The number of hydrogen-bond donors (Lipinski definition) is 2. The molecule has 0 amide bonds. The smallest absolute Gasteiger partial charge is 0.260 e. The summed E-state index contributed by atoms with van der Waals surface area (Å²) in [6.45, 7) is 0. The van der Waals surface area contributed by atoms with E-state index in [9.17, 15) is 15.2 Å². The molecule has 1 aromatic heterocycles. The van der Waals surface area contributed by atoms with E-state index in [0.717, 1.165) is 0 Å². The molecule has 0 aliphatic heterocycles. The van der Waals surface area contributed by atoms with E-state index >= 15 is 0 Å². The lowest BCUT2D eigenvalue weighted by Gasteiger charge is -2.08. The summed E-state index contributed by atoms with van der Waals surface area (Å²) in [5.41, 5.74) is -0.262. The Hall–Kier alpha value is -2.52. The number of nitrogens with one attached hydrogen (secondary N) is 1. The molecule has 0 atom stereocenters. The lowest BCUT2D eigenvalue weighted by Crippen LogP contribution is -2.12. The van der Waals surface area contributed by atoms with Crippen molar-refractivity contribution in [2.24, 2.45) is 0 Å². The highest BCUT2D eigenvalue weighted by Crippen LogP contribution is 2.30. The molecule has 0 fully saturated rings. The van der Waals surface area contributed by atoms with Gasteiger partial charge < -0.3 is 10.1 Å². The normalized spacial score (nSPS) is 11.9. The van der Waals surface area contributed by atoms with Gasteiger partial charge in [-0.05, 0) is 30.3 Å². The van der Waals surface area contributed by atoms with Crippen molar-refractivity contribution < 1.29 is 5.11 Å². The molecule has 0 saturated carbocycles. The van der Waals surface area contributed by atoms with Gasteiger partial charge in [-0.1, -0.05) is 40.9 Å². The number of fused-ring (bicyclic) bond motifs is 1. The first kappa shape index (κ1) is 17.3. The molecule has 0 saturated heterocycles. The minimum Gasteiger partial charge on any atom is -0.506 e. The molecule has 3 aromatic rings. The molecule has 2 aromatic carbocycles. The number of nitriles is 1. The van der Waals surface area contributed by atoms with Crippen molar-refractivity contribution in [2.45, 2.75) is 0 Å². The molecule has 0 spiro atoms. The molecule has 1 heterocycles. The number of aliphatic hydroxyl groups is 1. The molecule has 124 valence electrons. The fourth-order valence-corrected chi connectivity index (χ4v) is 3.06. The average Bonchev–Trinajstić information content (AvgIpc) is 2.55. The van der Waals surface area contributed by atoms with Crippen LogP contribution in [0.4, 0.5) is 0 Å². The van der Waals surface area contributed by atoms with Gasteiger partial charge in [-0.2, -0.15) is 5.26 Å². The Bertz CT molecular complexity index is 1130. The van der Waals surface area contributed by atoms with E-state index in [0.29, 0.717) is 10.5 Å². The van der Waals surface area contributed by atoms with Gasteiger partial charge in [-0.3, -0.25) is 4.79 Å². The summed E-state index contributed by atoms with van der Waals surface area (Å²) in [5.74, 6) is -0.514. The Labute approximate surface area is 156 Å².